The van der Waals surface area contributed by atoms with Crippen LogP contribution >= 0.6 is 11.3 Å². The minimum Gasteiger partial charge on any atom is -0.493 e. The summed E-state index contributed by atoms with van der Waals surface area (Å²) in [6, 6.07) is 14.4. The summed E-state index contributed by atoms with van der Waals surface area (Å²) >= 11 is 1.60. The number of hydrogen-bond acceptors (Lipinski definition) is 5. The molecule has 1 saturated carbocycles. The van der Waals surface area contributed by atoms with Crippen LogP contribution in [0.15, 0.2) is 42.5 Å². The molecule has 1 aromatic heterocycles. The molecule has 0 saturated heterocycles. The third-order valence-corrected chi connectivity index (χ3v) is 7.16. The van der Waals surface area contributed by atoms with Gasteiger partial charge >= 0.3 is 0 Å². The highest BCUT2D eigenvalue weighted by Crippen LogP contribution is 2.34. The number of thiazole rings is 1. The Balaban J connectivity index is 1.56. The molecule has 1 aliphatic carbocycles. The highest BCUT2D eigenvalue weighted by atomic mass is 32.1. The number of methoxy groups -OCH3 is 2. The number of amides is 1. The van der Waals surface area contributed by atoms with Gasteiger partial charge in [0.25, 0.3) is 5.91 Å². The van der Waals surface area contributed by atoms with Crippen molar-refractivity contribution >= 4 is 17.2 Å². The molecule has 33 heavy (non-hydrogen) atoms. The molecule has 1 fully saturated rings. The van der Waals surface area contributed by atoms with Gasteiger partial charge in [0.05, 0.1) is 24.1 Å². The fraction of sp³-hybridized carbons (Fsp3) is 0.407. The number of nitrogens with zero attached hydrogens (tertiary/aromatic N) is 2. The Morgan fingerprint density at radius 2 is 1.76 bits per heavy atom. The molecule has 1 amide bonds. The summed E-state index contributed by atoms with van der Waals surface area (Å²) in [4.78, 5) is 21.3. The standard InChI is InChI=1S/C27H32N2O3S/c1-5-19-8-11-22(12-9-19)26-25(28-18(2)33-26)27(30)29(17-21-6-7-21)15-14-20-10-13-23(31-3)24(16-20)32-4/h8-13,16,21H,5-7,14-15,17H2,1-4H3. The van der Waals surface area contributed by atoms with Gasteiger partial charge in [0, 0.05) is 13.1 Å². The van der Waals surface area contributed by atoms with Gasteiger partial charge in [0.2, 0.25) is 0 Å². The molecule has 3 aromatic rings. The first-order valence-electron chi connectivity index (χ1n) is 11.6. The predicted molar refractivity (Wildman–Crippen MR) is 134 cm³/mol. The van der Waals surface area contributed by atoms with Gasteiger partial charge in [-0.3, -0.25) is 4.79 Å². The fourth-order valence-electron chi connectivity index (χ4n) is 4.00. The van der Waals surface area contributed by atoms with Crippen LogP contribution in [0.4, 0.5) is 0 Å². The highest BCUT2D eigenvalue weighted by molar-refractivity contribution is 7.15. The van der Waals surface area contributed by atoms with Crippen molar-refractivity contribution < 1.29 is 14.3 Å². The van der Waals surface area contributed by atoms with E-state index in [9.17, 15) is 4.79 Å². The third kappa shape index (κ3) is 5.56. The lowest BCUT2D eigenvalue weighted by atomic mass is 10.1. The lowest BCUT2D eigenvalue weighted by Gasteiger charge is -2.23. The van der Waals surface area contributed by atoms with Crippen LogP contribution in [0.1, 0.15) is 46.4 Å². The lowest BCUT2D eigenvalue weighted by Crippen LogP contribution is -2.35. The Kier molecular flexibility index (Phi) is 7.33. The van der Waals surface area contributed by atoms with Gasteiger partial charge in [-0.25, -0.2) is 4.98 Å². The Morgan fingerprint density at radius 3 is 2.39 bits per heavy atom. The topological polar surface area (TPSA) is 51.7 Å². The van der Waals surface area contributed by atoms with Gasteiger partial charge in [-0.05, 0) is 67.3 Å². The second-order valence-electron chi connectivity index (χ2n) is 8.59. The predicted octanol–water partition coefficient (Wildman–Crippen LogP) is 5.79. The van der Waals surface area contributed by atoms with Crippen molar-refractivity contribution in [2.24, 2.45) is 5.92 Å². The summed E-state index contributed by atoms with van der Waals surface area (Å²) in [6.07, 6.45) is 4.14. The monoisotopic (exact) mass is 464 g/mol. The lowest BCUT2D eigenvalue weighted by molar-refractivity contribution is 0.0745. The molecule has 0 atom stereocenters. The fourth-order valence-corrected chi connectivity index (χ4v) is 4.91. The van der Waals surface area contributed by atoms with Crippen LogP contribution in [0.2, 0.25) is 0 Å². The highest BCUT2D eigenvalue weighted by Gasteiger charge is 2.30. The van der Waals surface area contributed by atoms with Gasteiger partial charge < -0.3 is 14.4 Å². The Labute approximate surface area is 200 Å². The van der Waals surface area contributed by atoms with Crippen LogP contribution < -0.4 is 9.47 Å². The summed E-state index contributed by atoms with van der Waals surface area (Å²) < 4.78 is 10.8. The molecular weight excluding hydrogens is 432 g/mol. The van der Waals surface area contributed by atoms with Crippen molar-refractivity contribution in [2.45, 2.75) is 39.5 Å². The van der Waals surface area contributed by atoms with E-state index in [1.807, 2.05) is 30.0 Å². The molecule has 0 unspecified atom stereocenters. The van der Waals surface area contributed by atoms with E-state index in [-0.39, 0.29) is 5.91 Å². The first-order chi connectivity index (χ1) is 16.0. The van der Waals surface area contributed by atoms with Crippen LogP contribution in [0.25, 0.3) is 10.4 Å². The second kappa shape index (κ2) is 10.4. The van der Waals surface area contributed by atoms with Gasteiger partial charge in [0.15, 0.2) is 11.5 Å². The Bertz CT molecular complexity index is 1100. The average molecular weight is 465 g/mol. The number of aromatic nitrogens is 1. The molecule has 0 bridgehead atoms. The van der Waals surface area contributed by atoms with Crippen LogP contribution in [-0.2, 0) is 12.8 Å². The Morgan fingerprint density at radius 1 is 1.06 bits per heavy atom. The molecule has 0 spiro atoms. The first kappa shape index (κ1) is 23.3. The molecule has 0 aliphatic heterocycles. The third-order valence-electron chi connectivity index (χ3n) is 6.14. The van der Waals surface area contributed by atoms with Gasteiger partial charge in [-0.2, -0.15) is 0 Å². The molecule has 2 aromatic carbocycles. The number of carbonyl (C=O) groups excluding carboxylic acids is 1. The van der Waals surface area contributed by atoms with Crippen molar-refractivity contribution in [2.75, 3.05) is 27.3 Å². The number of carbonyl (C=O) groups is 1. The van der Waals surface area contributed by atoms with Crippen molar-refractivity contribution in [3.8, 4) is 21.9 Å². The molecule has 1 heterocycles. The minimum absolute atomic E-state index is 0.0290. The molecule has 174 valence electrons. The van der Waals surface area contributed by atoms with Crippen LogP contribution in [0.5, 0.6) is 11.5 Å². The van der Waals surface area contributed by atoms with Crippen molar-refractivity contribution in [3.63, 3.8) is 0 Å². The van der Waals surface area contributed by atoms with Crippen molar-refractivity contribution in [1.29, 1.82) is 0 Å². The molecule has 6 heteroatoms. The molecule has 1 aliphatic rings. The molecule has 0 radical (unpaired) electrons. The largest absolute Gasteiger partial charge is 0.493 e. The molecule has 4 rings (SSSR count). The maximum Gasteiger partial charge on any atom is 0.274 e. The van der Waals surface area contributed by atoms with Crippen molar-refractivity contribution in [1.82, 2.24) is 9.88 Å². The summed E-state index contributed by atoms with van der Waals surface area (Å²) in [5.41, 5.74) is 4.05. The number of aryl methyl sites for hydroxylation is 2. The van der Waals surface area contributed by atoms with Gasteiger partial charge in [-0.1, -0.05) is 37.3 Å². The zero-order valence-corrected chi connectivity index (χ0v) is 20.7. The quantitative estimate of drug-likeness (QED) is 0.381. The maximum atomic E-state index is 13.7. The maximum absolute atomic E-state index is 13.7. The SMILES string of the molecule is CCc1ccc(-c2sc(C)nc2C(=O)N(CCc2ccc(OC)c(OC)c2)CC2CC2)cc1. The normalized spacial score (nSPS) is 13.1. The van der Waals surface area contributed by atoms with E-state index < -0.39 is 0 Å². The van der Waals surface area contributed by atoms with E-state index in [0.29, 0.717) is 29.7 Å². The van der Waals surface area contributed by atoms with E-state index in [1.165, 1.54) is 18.4 Å². The Hall–Kier alpha value is -2.86. The van der Waals surface area contributed by atoms with Crippen LogP contribution in [0, 0.1) is 12.8 Å². The second-order valence-corrected chi connectivity index (χ2v) is 9.80. The average Bonchev–Trinajstić information content (AvgIpc) is 3.59. The van der Waals surface area contributed by atoms with E-state index in [1.54, 1.807) is 25.6 Å². The molecule has 5 nitrogen and oxygen atoms in total. The van der Waals surface area contributed by atoms with Crippen LogP contribution in [-0.4, -0.2) is 43.1 Å². The van der Waals surface area contributed by atoms with Gasteiger partial charge in [-0.15, -0.1) is 11.3 Å². The number of ether oxygens (including phenoxy) is 2. The smallest absolute Gasteiger partial charge is 0.274 e. The summed E-state index contributed by atoms with van der Waals surface area (Å²) in [7, 11) is 3.28. The number of benzene rings is 2. The molecular formula is C27H32N2O3S. The summed E-state index contributed by atoms with van der Waals surface area (Å²) in [5, 5.41) is 0.916. The zero-order valence-electron chi connectivity index (χ0n) is 19.9. The minimum atomic E-state index is 0.0290. The van der Waals surface area contributed by atoms with E-state index in [0.717, 1.165) is 40.4 Å². The van der Waals surface area contributed by atoms with Crippen LogP contribution in [0.3, 0.4) is 0 Å². The summed E-state index contributed by atoms with van der Waals surface area (Å²) in [5.74, 6) is 2.06. The first-order valence-corrected chi connectivity index (χ1v) is 12.4. The zero-order chi connectivity index (χ0) is 23.4. The molecule has 0 N–H and O–H groups in total. The van der Waals surface area contributed by atoms with Crippen molar-refractivity contribution in [3.05, 3.63) is 64.3 Å². The van der Waals surface area contributed by atoms with Gasteiger partial charge in [0.1, 0.15) is 5.69 Å². The van der Waals surface area contributed by atoms with E-state index in [4.69, 9.17) is 9.47 Å². The van der Waals surface area contributed by atoms with E-state index in [2.05, 4.69) is 36.2 Å². The number of rotatable bonds is 10. The summed E-state index contributed by atoms with van der Waals surface area (Å²) in [6.45, 7) is 5.56. The number of hydrogen-bond donors (Lipinski definition) is 0. The van der Waals surface area contributed by atoms with E-state index >= 15 is 0 Å².